The summed E-state index contributed by atoms with van der Waals surface area (Å²) in [5.41, 5.74) is 1.06. The molecule has 4 N–H and O–H groups in total. The van der Waals surface area contributed by atoms with Gasteiger partial charge in [-0.3, -0.25) is 14.4 Å². The number of carbonyl (C=O) groups is 3. The Morgan fingerprint density at radius 1 is 1.11 bits per heavy atom. The standard InChI is InChI=1S/C19H18ClN3O4S/c20-12-3-6-15-14(9-12)23-19(27)16(28-15)10-17(25)21-7-8-22-18(26)11-1-4-13(24)5-2-11/h1-6,9,16,24H,7-8,10H2,(H,21,25)(H,22,26)(H,23,27). The molecule has 0 radical (unpaired) electrons. The minimum Gasteiger partial charge on any atom is -0.508 e. The molecule has 0 aliphatic carbocycles. The predicted molar refractivity (Wildman–Crippen MR) is 108 cm³/mol. The maximum atomic E-state index is 12.2. The van der Waals surface area contributed by atoms with Crippen molar-refractivity contribution in [3.63, 3.8) is 0 Å². The van der Waals surface area contributed by atoms with Crippen LogP contribution in [0.15, 0.2) is 47.4 Å². The average Bonchev–Trinajstić information content (AvgIpc) is 2.66. The van der Waals surface area contributed by atoms with Crippen LogP contribution in [-0.2, 0) is 9.59 Å². The molecule has 0 spiro atoms. The van der Waals surface area contributed by atoms with Gasteiger partial charge >= 0.3 is 0 Å². The van der Waals surface area contributed by atoms with Crippen molar-refractivity contribution in [2.75, 3.05) is 18.4 Å². The van der Waals surface area contributed by atoms with E-state index < -0.39 is 5.25 Å². The Hall–Kier alpha value is -2.71. The molecule has 1 atom stereocenters. The van der Waals surface area contributed by atoms with Crippen molar-refractivity contribution in [1.82, 2.24) is 10.6 Å². The summed E-state index contributed by atoms with van der Waals surface area (Å²) >= 11 is 7.24. The van der Waals surface area contributed by atoms with Gasteiger partial charge in [0.05, 0.1) is 10.9 Å². The van der Waals surface area contributed by atoms with Crippen LogP contribution < -0.4 is 16.0 Å². The number of amides is 3. The molecule has 28 heavy (non-hydrogen) atoms. The van der Waals surface area contributed by atoms with Crippen molar-refractivity contribution in [3.05, 3.63) is 53.1 Å². The van der Waals surface area contributed by atoms with E-state index >= 15 is 0 Å². The number of phenols is 1. The first kappa shape index (κ1) is 20.0. The number of anilines is 1. The van der Waals surface area contributed by atoms with Crippen molar-refractivity contribution in [3.8, 4) is 5.75 Å². The van der Waals surface area contributed by atoms with Crippen molar-refractivity contribution in [2.24, 2.45) is 0 Å². The molecule has 0 bridgehead atoms. The maximum Gasteiger partial charge on any atom is 0.251 e. The van der Waals surface area contributed by atoms with Gasteiger partial charge in [-0.2, -0.15) is 0 Å². The molecule has 1 aliphatic rings. The lowest BCUT2D eigenvalue weighted by Gasteiger charge is -2.23. The highest BCUT2D eigenvalue weighted by Crippen LogP contribution is 2.38. The Balaban J connectivity index is 1.42. The van der Waals surface area contributed by atoms with E-state index in [0.29, 0.717) is 16.3 Å². The number of benzene rings is 2. The Kier molecular flexibility index (Phi) is 6.43. The van der Waals surface area contributed by atoms with E-state index in [0.717, 1.165) is 4.90 Å². The zero-order chi connectivity index (χ0) is 20.1. The van der Waals surface area contributed by atoms with E-state index in [1.165, 1.54) is 36.0 Å². The molecular formula is C19H18ClN3O4S. The van der Waals surface area contributed by atoms with Gasteiger partial charge in [0.15, 0.2) is 0 Å². The molecular weight excluding hydrogens is 402 g/mol. The average molecular weight is 420 g/mol. The van der Waals surface area contributed by atoms with Crippen LogP contribution in [0.2, 0.25) is 5.02 Å². The fourth-order valence-electron chi connectivity index (χ4n) is 2.59. The molecule has 0 aromatic heterocycles. The van der Waals surface area contributed by atoms with Gasteiger partial charge < -0.3 is 21.1 Å². The molecule has 9 heteroatoms. The van der Waals surface area contributed by atoms with Crippen molar-refractivity contribution in [2.45, 2.75) is 16.6 Å². The number of aromatic hydroxyl groups is 1. The predicted octanol–water partition coefficient (Wildman–Crippen LogP) is 2.39. The second-order valence-corrected chi connectivity index (χ2v) is 7.77. The molecule has 0 saturated carbocycles. The summed E-state index contributed by atoms with van der Waals surface area (Å²) in [6, 6.07) is 11.1. The van der Waals surface area contributed by atoms with Crippen LogP contribution in [0.3, 0.4) is 0 Å². The third-order valence-corrected chi connectivity index (χ3v) is 5.50. The molecule has 1 unspecified atom stereocenters. The van der Waals surface area contributed by atoms with Crippen LogP contribution in [-0.4, -0.2) is 41.2 Å². The van der Waals surface area contributed by atoms with E-state index in [1.54, 1.807) is 12.1 Å². The highest BCUT2D eigenvalue weighted by molar-refractivity contribution is 8.01. The first-order valence-corrected chi connectivity index (χ1v) is 9.79. The molecule has 7 nitrogen and oxygen atoms in total. The van der Waals surface area contributed by atoms with Gasteiger partial charge in [0.25, 0.3) is 5.91 Å². The molecule has 3 rings (SSSR count). The molecule has 146 valence electrons. The Labute approximate surface area is 170 Å². The number of rotatable bonds is 6. The first-order valence-electron chi connectivity index (χ1n) is 8.53. The Morgan fingerprint density at radius 3 is 2.57 bits per heavy atom. The summed E-state index contributed by atoms with van der Waals surface area (Å²) in [4.78, 5) is 37.1. The van der Waals surface area contributed by atoms with Crippen LogP contribution in [0, 0.1) is 0 Å². The lowest BCUT2D eigenvalue weighted by atomic mass is 10.2. The van der Waals surface area contributed by atoms with Crippen molar-refractivity contribution >= 4 is 46.8 Å². The summed E-state index contributed by atoms with van der Waals surface area (Å²) in [5, 5.41) is 17.3. The van der Waals surface area contributed by atoms with Crippen molar-refractivity contribution in [1.29, 1.82) is 0 Å². The number of fused-ring (bicyclic) bond motifs is 1. The molecule has 2 aromatic carbocycles. The number of thioether (sulfide) groups is 1. The van der Waals surface area contributed by atoms with Gasteiger partial charge in [-0.25, -0.2) is 0 Å². The zero-order valence-corrected chi connectivity index (χ0v) is 16.3. The summed E-state index contributed by atoms with van der Waals surface area (Å²) in [6.07, 6.45) is 0.0322. The molecule has 1 heterocycles. The van der Waals surface area contributed by atoms with Gasteiger partial charge in [-0.15, -0.1) is 11.8 Å². The molecule has 1 aliphatic heterocycles. The molecule has 0 fully saturated rings. The van der Waals surface area contributed by atoms with E-state index in [9.17, 15) is 19.5 Å². The van der Waals surface area contributed by atoms with E-state index in [1.807, 2.05) is 6.07 Å². The number of nitrogens with one attached hydrogen (secondary N) is 3. The summed E-state index contributed by atoms with van der Waals surface area (Å²) in [6.45, 7) is 0.491. The minimum absolute atomic E-state index is 0.0322. The van der Waals surface area contributed by atoms with Gasteiger partial charge in [0, 0.05) is 35.0 Å². The zero-order valence-electron chi connectivity index (χ0n) is 14.7. The number of halogens is 1. The Bertz CT molecular complexity index is 905. The van der Waals surface area contributed by atoms with Crippen LogP contribution in [0.5, 0.6) is 5.75 Å². The minimum atomic E-state index is -0.528. The number of carbonyl (C=O) groups excluding carboxylic acids is 3. The van der Waals surface area contributed by atoms with Gasteiger partial charge in [0.2, 0.25) is 11.8 Å². The topological polar surface area (TPSA) is 108 Å². The summed E-state index contributed by atoms with van der Waals surface area (Å²) in [5.74, 6) is -0.731. The number of hydrogen-bond donors (Lipinski definition) is 4. The van der Waals surface area contributed by atoms with Gasteiger partial charge in [-0.1, -0.05) is 11.6 Å². The van der Waals surface area contributed by atoms with E-state index in [4.69, 9.17) is 11.6 Å². The van der Waals surface area contributed by atoms with E-state index in [2.05, 4.69) is 16.0 Å². The van der Waals surface area contributed by atoms with Gasteiger partial charge in [0.1, 0.15) is 5.75 Å². The molecule has 2 aromatic rings. The first-order chi connectivity index (χ1) is 13.4. The number of phenolic OH excluding ortho intramolecular Hbond substituents is 1. The summed E-state index contributed by atoms with van der Waals surface area (Å²) < 4.78 is 0. The third-order valence-electron chi connectivity index (χ3n) is 3.99. The smallest absolute Gasteiger partial charge is 0.251 e. The quantitative estimate of drug-likeness (QED) is 0.538. The normalized spacial score (nSPS) is 15.3. The third kappa shape index (κ3) is 5.17. The maximum absolute atomic E-state index is 12.2. The monoisotopic (exact) mass is 419 g/mol. The highest BCUT2D eigenvalue weighted by Gasteiger charge is 2.29. The second-order valence-electron chi connectivity index (χ2n) is 6.09. The SMILES string of the molecule is O=C(CC1Sc2ccc(Cl)cc2NC1=O)NCCNC(=O)c1ccc(O)cc1. The molecule has 3 amide bonds. The van der Waals surface area contributed by atoms with Crippen LogP contribution in [0.4, 0.5) is 5.69 Å². The lowest BCUT2D eigenvalue weighted by Crippen LogP contribution is -2.38. The van der Waals surface area contributed by atoms with Crippen molar-refractivity contribution < 1.29 is 19.5 Å². The fraction of sp³-hybridized carbons (Fsp3) is 0.211. The molecule has 0 saturated heterocycles. The highest BCUT2D eigenvalue weighted by atomic mass is 35.5. The largest absolute Gasteiger partial charge is 0.508 e. The lowest BCUT2D eigenvalue weighted by molar-refractivity contribution is -0.124. The second kappa shape index (κ2) is 8.99. The van der Waals surface area contributed by atoms with Crippen LogP contribution >= 0.6 is 23.4 Å². The van der Waals surface area contributed by atoms with E-state index in [-0.39, 0.29) is 43.0 Å². The Morgan fingerprint density at radius 2 is 1.82 bits per heavy atom. The fourth-order valence-corrected chi connectivity index (χ4v) is 3.85. The summed E-state index contributed by atoms with van der Waals surface area (Å²) in [7, 11) is 0. The van der Waals surface area contributed by atoms with Gasteiger partial charge in [-0.05, 0) is 42.5 Å². The van der Waals surface area contributed by atoms with Crippen LogP contribution in [0.25, 0.3) is 0 Å². The number of hydrogen-bond acceptors (Lipinski definition) is 5. The van der Waals surface area contributed by atoms with Crippen LogP contribution in [0.1, 0.15) is 16.8 Å².